The van der Waals surface area contributed by atoms with E-state index in [4.69, 9.17) is 5.26 Å². The molecule has 0 saturated heterocycles. The van der Waals surface area contributed by atoms with Gasteiger partial charge in [-0.05, 0) is 12.2 Å². The second-order valence-corrected chi connectivity index (χ2v) is 1.84. The molecule has 3 heteroatoms. The van der Waals surface area contributed by atoms with Crippen molar-refractivity contribution in [3.05, 3.63) is 36.6 Å². The van der Waals surface area contributed by atoms with E-state index in [-0.39, 0.29) is 0 Å². The summed E-state index contributed by atoms with van der Waals surface area (Å²) in [7, 11) is 0. The molecule has 0 amide bonds. The summed E-state index contributed by atoms with van der Waals surface area (Å²) in [6.07, 6.45) is 12.5. The zero-order valence-corrected chi connectivity index (χ0v) is 5.86. The van der Waals surface area contributed by atoms with Crippen molar-refractivity contribution in [2.75, 3.05) is 0 Å². The Labute approximate surface area is 65.1 Å². The van der Waals surface area contributed by atoms with Gasteiger partial charge in [-0.3, -0.25) is 5.32 Å². The van der Waals surface area contributed by atoms with Crippen LogP contribution in [0.15, 0.2) is 41.6 Å². The minimum Gasteiger partial charge on any atom is -0.277 e. The Morgan fingerprint density at radius 1 is 1.27 bits per heavy atom. The first kappa shape index (κ1) is 7.29. The minimum atomic E-state index is 0.549. The summed E-state index contributed by atoms with van der Waals surface area (Å²) in [6.45, 7) is 0. The predicted octanol–water partition coefficient (Wildman–Crippen LogP) is 1.10. The number of hydrogen-bond donors (Lipinski definition) is 1. The molecule has 0 bridgehead atoms. The Balaban J connectivity index is 2.72. The van der Waals surface area contributed by atoms with Gasteiger partial charge in [-0.1, -0.05) is 18.2 Å². The van der Waals surface area contributed by atoms with Gasteiger partial charge in [0.1, 0.15) is 5.84 Å². The van der Waals surface area contributed by atoms with Crippen LogP contribution in [0.1, 0.15) is 0 Å². The molecular weight excluding hydrogens is 138 g/mol. The van der Waals surface area contributed by atoms with Gasteiger partial charge in [0, 0.05) is 6.20 Å². The fraction of sp³-hybridized carbons (Fsp3) is 0. The smallest absolute Gasteiger partial charge is 0.182 e. The fourth-order valence-corrected chi connectivity index (χ4v) is 0.622. The van der Waals surface area contributed by atoms with Crippen molar-refractivity contribution in [2.24, 2.45) is 4.99 Å². The third kappa shape index (κ3) is 2.50. The van der Waals surface area contributed by atoms with E-state index in [9.17, 15) is 0 Å². The lowest BCUT2D eigenvalue weighted by Gasteiger charge is -1.93. The maximum Gasteiger partial charge on any atom is 0.182 e. The first-order chi connectivity index (χ1) is 5.43. The maximum atomic E-state index is 8.26. The van der Waals surface area contributed by atoms with Gasteiger partial charge in [0.2, 0.25) is 0 Å². The van der Waals surface area contributed by atoms with Crippen molar-refractivity contribution in [2.45, 2.75) is 0 Å². The van der Waals surface area contributed by atoms with Crippen LogP contribution in [0, 0.1) is 11.5 Å². The first-order valence-corrected chi connectivity index (χ1v) is 3.16. The number of aliphatic imine (C=N–C) groups is 1. The molecule has 1 aliphatic rings. The molecule has 0 atom stereocenters. The standard InChI is InChI=1S/C8H7N3/c9-7-11-8-5-3-1-2-4-6-10-8/h1-6H,(H,10,11). The van der Waals surface area contributed by atoms with E-state index in [1.807, 2.05) is 18.2 Å². The van der Waals surface area contributed by atoms with E-state index in [1.165, 1.54) is 0 Å². The average molecular weight is 145 g/mol. The molecule has 0 aromatic rings. The molecule has 0 radical (unpaired) electrons. The van der Waals surface area contributed by atoms with Crippen molar-refractivity contribution in [3.63, 3.8) is 0 Å². The molecule has 1 heterocycles. The van der Waals surface area contributed by atoms with Gasteiger partial charge in [0.25, 0.3) is 0 Å². The van der Waals surface area contributed by atoms with Crippen LogP contribution in [0.3, 0.4) is 0 Å². The van der Waals surface area contributed by atoms with Crippen molar-refractivity contribution in [3.8, 4) is 6.19 Å². The molecule has 0 saturated carbocycles. The molecule has 54 valence electrons. The Kier molecular flexibility index (Phi) is 2.70. The number of rotatable bonds is 0. The normalized spacial score (nSPS) is 28.1. The van der Waals surface area contributed by atoms with Gasteiger partial charge in [-0.2, -0.15) is 5.26 Å². The highest BCUT2D eigenvalue weighted by Gasteiger charge is 1.87. The molecule has 0 spiro atoms. The fourth-order valence-electron chi connectivity index (χ4n) is 0.622. The summed E-state index contributed by atoms with van der Waals surface area (Å²) < 4.78 is 0. The SMILES string of the molecule is N#CNC1=N/C=C\C=C/C=C\1. The van der Waals surface area contributed by atoms with E-state index < -0.39 is 0 Å². The van der Waals surface area contributed by atoms with Crippen LogP contribution < -0.4 is 5.32 Å². The Morgan fingerprint density at radius 3 is 2.91 bits per heavy atom. The second kappa shape index (κ2) is 4.07. The van der Waals surface area contributed by atoms with E-state index in [2.05, 4.69) is 10.3 Å². The molecule has 3 nitrogen and oxygen atoms in total. The summed E-state index contributed by atoms with van der Waals surface area (Å²) in [4.78, 5) is 3.94. The van der Waals surface area contributed by atoms with Gasteiger partial charge in [0.15, 0.2) is 6.19 Å². The predicted molar refractivity (Wildman–Crippen MR) is 43.6 cm³/mol. The van der Waals surface area contributed by atoms with E-state index >= 15 is 0 Å². The average Bonchev–Trinajstić information content (AvgIpc) is 1.94. The Bertz CT molecular complexity index is 276. The molecule has 0 aromatic heterocycles. The summed E-state index contributed by atoms with van der Waals surface area (Å²) >= 11 is 0. The zero-order valence-electron chi connectivity index (χ0n) is 5.86. The quantitative estimate of drug-likeness (QED) is 0.409. The monoisotopic (exact) mass is 145 g/mol. The number of nitrogens with one attached hydrogen (secondary N) is 1. The highest BCUT2D eigenvalue weighted by molar-refractivity contribution is 5.94. The van der Waals surface area contributed by atoms with Crippen LogP contribution in [-0.4, -0.2) is 5.84 Å². The lowest BCUT2D eigenvalue weighted by Crippen LogP contribution is -2.14. The number of allylic oxidation sites excluding steroid dienone is 4. The van der Waals surface area contributed by atoms with Crippen molar-refractivity contribution < 1.29 is 0 Å². The van der Waals surface area contributed by atoms with Crippen LogP contribution in [0.5, 0.6) is 0 Å². The molecule has 11 heavy (non-hydrogen) atoms. The summed E-state index contributed by atoms with van der Waals surface area (Å²) in [5, 5.41) is 10.7. The molecule has 0 unspecified atom stereocenters. The summed E-state index contributed by atoms with van der Waals surface area (Å²) in [6, 6.07) is 0. The lowest BCUT2D eigenvalue weighted by atomic mass is 10.4. The molecular formula is C8H7N3. The zero-order chi connectivity index (χ0) is 7.94. The van der Waals surface area contributed by atoms with Gasteiger partial charge >= 0.3 is 0 Å². The maximum absolute atomic E-state index is 8.26. The van der Waals surface area contributed by atoms with Gasteiger partial charge in [0.05, 0.1) is 0 Å². The van der Waals surface area contributed by atoms with Gasteiger partial charge in [-0.25, -0.2) is 4.99 Å². The summed E-state index contributed by atoms with van der Waals surface area (Å²) in [5.74, 6) is 0.549. The number of nitrogens with zero attached hydrogens (tertiary/aromatic N) is 2. The third-order valence-corrected chi connectivity index (χ3v) is 1.07. The van der Waals surface area contributed by atoms with Crippen molar-refractivity contribution >= 4 is 5.84 Å². The highest BCUT2D eigenvalue weighted by atomic mass is 15.0. The van der Waals surface area contributed by atoms with Crippen LogP contribution >= 0.6 is 0 Å². The summed E-state index contributed by atoms with van der Waals surface area (Å²) in [5.41, 5.74) is 0. The van der Waals surface area contributed by atoms with E-state index in [1.54, 1.807) is 24.5 Å². The number of hydrogen-bond acceptors (Lipinski definition) is 3. The second-order valence-electron chi connectivity index (χ2n) is 1.84. The minimum absolute atomic E-state index is 0.549. The van der Waals surface area contributed by atoms with Gasteiger partial charge in [-0.15, -0.1) is 0 Å². The van der Waals surface area contributed by atoms with Gasteiger partial charge < -0.3 is 0 Å². The Hall–Kier alpha value is -1.82. The van der Waals surface area contributed by atoms with Crippen LogP contribution in [0.4, 0.5) is 0 Å². The van der Waals surface area contributed by atoms with Crippen LogP contribution in [-0.2, 0) is 0 Å². The van der Waals surface area contributed by atoms with Crippen LogP contribution in [0.2, 0.25) is 0 Å². The van der Waals surface area contributed by atoms with E-state index in [0.717, 1.165) is 0 Å². The highest BCUT2D eigenvalue weighted by Crippen LogP contribution is 1.88. The number of amidine groups is 1. The van der Waals surface area contributed by atoms with Crippen molar-refractivity contribution in [1.29, 1.82) is 5.26 Å². The molecule has 1 aliphatic heterocycles. The van der Waals surface area contributed by atoms with E-state index in [0.29, 0.717) is 5.84 Å². The number of nitriles is 1. The Morgan fingerprint density at radius 2 is 2.09 bits per heavy atom. The first-order valence-electron chi connectivity index (χ1n) is 3.16. The molecule has 0 aromatic carbocycles. The lowest BCUT2D eigenvalue weighted by molar-refractivity contribution is 1.25. The van der Waals surface area contributed by atoms with Crippen molar-refractivity contribution in [1.82, 2.24) is 5.32 Å². The molecule has 1 N–H and O–H groups in total. The molecule has 0 fully saturated rings. The van der Waals surface area contributed by atoms with Crippen LogP contribution in [0.25, 0.3) is 0 Å². The topological polar surface area (TPSA) is 48.2 Å². The molecule has 0 aliphatic carbocycles. The molecule has 1 rings (SSSR count). The largest absolute Gasteiger partial charge is 0.277 e. The third-order valence-electron chi connectivity index (χ3n) is 1.07.